The molecule has 3 rings (SSSR count). The van der Waals surface area contributed by atoms with Crippen molar-refractivity contribution in [3.05, 3.63) is 70.8 Å². The van der Waals surface area contributed by atoms with Crippen LogP contribution in [0, 0.1) is 28.6 Å². The lowest BCUT2D eigenvalue weighted by Gasteiger charge is -2.36. The summed E-state index contributed by atoms with van der Waals surface area (Å²) in [4.78, 5) is 42.9. The van der Waals surface area contributed by atoms with Crippen LogP contribution in [0.5, 0.6) is 0 Å². The van der Waals surface area contributed by atoms with E-state index < -0.39 is 5.41 Å². The normalized spacial score (nSPS) is 19.8. The number of nitrogens with two attached hydrogens (primary N) is 3. The van der Waals surface area contributed by atoms with Crippen LogP contribution in [0.2, 0.25) is 0 Å². The van der Waals surface area contributed by atoms with Gasteiger partial charge >= 0.3 is 0 Å². The molecule has 8 N–H and O–H groups in total. The van der Waals surface area contributed by atoms with Gasteiger partial charge in [-0.2, -0.15) is 5.26 Å². The summed E-state index contributed by atoms with van der Waals surface area (Å²) in [5.41, 5.74) is 7.92. The van der Waals surface area contributed by atoms with Crippen LogP contribution in [-0.2, 0) is 15.0 Å². The monoisotopic (exact) mass is 605 g/mol. The molecule has 2 aliphatic carbocycles. The maximum Gasteiger partial charge on any atom is 0.253 e. The van der Waals surface area contributed by atoms with E-state index in [2.05, 4.69) is 36.9 Å². The van der Waals surface area contributed by atoms with Gasteiger partial charge in [0.25, 0.3) is 11.8 Å². The number of likely N-dealkylation sites (N-methyl/N-ethyl adjacent to an activating group) is 1. The van der Waals surface area contributed by atoms with Gasteiger partial charge in [0.1, 0.15) is 12.4 Å². The van der Waals surface area contributed by atoms with E-state index in [1.54, 1.807) is 57.4 Å². The maximum absolute atomic E-state index is 13.0. The fourth-order valence-electron chi connectivity index (χ4n) is 5.67. The molecular weight excluding hydrogens is 558 g/mol. The van der Waals surface area contributed by atoms with Crippen molar-refractivity contribution in [3.63, 3.8) is 0 Å². The van der Waals surface area contributed by atoms with Crippen LogP contribution < -0.4 is 22.7 Å². The van der Waals surface area contributed by atoms with Gasteiger partial charge in [0.05, 0.1) is 18.0 Å². The van der Waals surface area contributed by atoms with Crippen molar-refractivity contribution in [1.82, 2.24) is 20.0 Å². The Morgan fingerprint density at radius 2 is 1.61 bits per heavy atom. The molecule has 0 aliphatic heterocycles. The van der Waals surface area contributed by atoms with Gasteiger partial charge in [-0.3, -0.25) is 31.5 Å². The highest BCUT2D eigenvalue weighted by atomic mass is 16.2. The van der Waals surface area contributed by atoms with Crippen molar-refractivity contribution in [2.45, 2.75) is 38.1 Å². The quantitative estimate of drug-likeness (QED) is 0.0586. The first-order chi connectivity index (χ1) is 20.9. The van der Waals surface area contributed by atoms with Crippen LogP contribution in [0.3, 0.4) is 0 Å². The molecule has 0 bridgehead atoms. The first-order valence-electron chi connectivity index (χ1n) is 14.5. The Balaban J connectivity index is 0.00000330. The van der Waals surface area contributed by atoms with Crippen molar-refractivity contribution in [2.24, 2.45) is 29.3 Å². The maximum atomic E-state index is 13.0. The van der Waals surface area contributed by atoms with Gasteiger partial charge in [-0.25, -0.2) is 0 Å². The third-order valence-electron chi connectivity index (χ3n) is 8.43. The predicted molar refractivity (Wildman–Crippen MR) is 172 cm³/mol. The highest BCUT2D eigenvalue weighted by Gasteiger charge is 2.48. The van der Waals surface area contributed by atoms with E-state index in [1.807, 2.05) is 24.3 Å². The lowest BCUT2D eigenvalue weighted by Crippen LogP contribution is -2.46. The van der Waals surface area contributed by atoms with Crippen molar-refractivity contribution in [2.75, 3.05) is 47.8 Å². The van der Waals surface area contributed by atoms with E-state index >= 15 is 0 Å². The molecule has 1 aromatic carbocycles. The number of nitrogens with zero attached hydrogens (tertiary/aromatic N) is 4. The largest absolute Gasteiger partial charge is 0.387 e. The van der Waals surface area contributed by atoms with Crippen LogP contribution in [-0.4, -0.2) is 92.1 Å². The van der Waals surface area contributed by atoms with Crippen molar-refractivity contribution in [1.29, 1.82) is 10.7 Å². The van der Waals surface area contributed by atoms with Crippen LogP contribution in [0.4, 0.5) is 0 Å². The molecule has 0 spiro atoms. The zero-order valence-corrected chi connectivity index (χ0v) is 26.6. The van der Waals surface area contributed by atoms with Crippen molar-refractivity contribution < 1.29 is 14.4 Å². The second-order valence-corrected chi connectivity index (χ2v) is 11.5. The Bertz CT molecular complexity index is 1330. The van der Waals surface area contributed by atoms with Gasteiger partial charge in [-0.1, -0.05) is 44.2 Å². The number of nitriles is 1. The van der Waals surface area contributed by atoms with Crippen molar-refractivity contribution in [3.8, 4) is 6.07 Å². The van der Waals surface area contributed by atoms with Crippen molar-refractivity contribution >= 4 is 23.6 Å². The zero-order valence-electron chi connectivity index (χ0n) is 26.6. The number of hydrogen-bond acceptors (Lipinski definition) is 8. The summed E-state index contributed by atoms with van der Waals surface area (Å²) in [6, 6.07) is 9.28. The number of carbonyl (C=O) groups excluding carboxylic acids is 3. The molecule has 44 heavy (non-hydrogen) atoms. The van der Waals surface area contributed by atoms with E-state index in [9.17, 15) is 19.6 Å². The van der Waals surface area contributed by atoms with Gasteiger partial charge in [0.2, 0.25) is 5.91 Å². The molecule has 3 unspecified atom stereocenters. The van der Waals surface area contributed by atoms with Gasteiger partial charge in [0.15, 0.2) is 0 Å². The first kappa shape index (κ1) is 35.9. The van der Waals surface area contributed by atoms with Crippen LogP contribution in [0.1, 0.15) is 42.6 Å². The standard InChI is InChI=1S/C32H43N7O3.H4N2/c1-21-22(2)28(21)39(19-17-33)27(40)20-36-18-16-32(31(34)35,26-14-11-24(12-15-26)30(42)38(5)6)25-9-7-8-23(10-13-25)29(41)37(3)4;1-2/h7-8,10-15,21-22,28,36H,9,16,18-20H2,1-6H3,(H3,34,35);1-2H2/t21-,22?,28?,32?;/m0./s1. The van der Waals surface area contributed by atoms with Gasteiger partial charge in [-0.05, 0) is 60.6 Å². The van der Waals surface area contributed by atoms with Gasteiger partial charge in [0, 0.05) is 45.4 Å². The van der Waals surface area contributed by atoms with E-state index in [0.29, 0.717) is 42.4 Å². The number of allylic oxidation sites excluding steroid dienone is 3. The second-order valence-electron chi connectivity index (χ2n) is 11.5. The smallest absolute Gasteiger partial charge is 0.253 e. The molecule has 1 saturated carbocycles. The fourth-order valence-corrected chi connectivity index (χ4v) is 5.67. The average molecular weight is 606 g/mol. The molecule has 2 aliphatic rings. The summed E-state index contributed by atoms with van der Waals surface area (Å²) in [5.74, 6) is 8.24. The number of carbonyl (C=O) groups is 3. The topological polar surface area (TPSA) is 199 Å². The third-order valence-corrected chi connectivity index (χ3v) is 8.43. The Kier molecular flexibility index (Phi) is 13.0. The summed E-state index contributed by atoms with van der Waals surface area (Å²) in [6.07, 6.45) is 8.07. The van der Waals surface area contributed by atoms with Gasteiger partial charge < -0.3 is 25.8 Å². The van der Waals surface area contributed by atoms with Gasteiger partial charge in [-0.15, -0.1) is 0 Å². The van der Waals surface area contributed by atoms with E-state index in [4.69, 9.17) is 11.1 Å². The first-order valence-corrected chi connectivity index (χ1v) is 14.5. The highest BCUT2D eigenvalue weighted by Crippen LogP contribution is 2.42. The molecule has 3 amide bonds. The molecule has 12 heteroatoms. The molecule has 0 saturated heterocycles. The summed E-state index contributed by atoms with van der Waals surface area (Å²) in [5, 5.41) is 21.3. The summed E-state index contributed by atoms with van der Waals surface area (Å²) >= 11 is 0. The number of hydrazine groups is 1. The summed E-state index contributed by atoms with van der Waals surface area (Å²) in [6.45, 7) is 4.63. The van der Waals surface area contributed by atoms with E-state index in [0.717, 1.165) is 11.1 Å². The summed E-state index contributed by atoms with van der Waals surface area (Å²) in [7, 11) is 6.76. The lowest BCUT2D eigenvalue weighted by atomic mass is 9.69. The van der Waals surface area contributed by atoms with Crippen LogP contribution >= 0.6 is 0 Å². The minimum absolute atomic E-state index is 0.0504. The van der Waals surface area contributed by atoms with Crippen LogP contribution in [0.25, 0.3) is 0 Å². The Hall–Kier alpha value is -4.31. The van der Waals surface area contributed by atoms with Crippen LogP contribution in [0.15, 0.2) is 59.7 Å². The molecule has 0 heterocycles. The van der Waals surface area contributed by atoms with E-state index in [-0.39, 0.29) is 42.7 Å². The zero-order chi connectivity index (χ0) is 33.2. The molecule has 1 aromatic rings. The third kappa shape index (κ3) is 7.99. The Labute approximate surface area is 260 Å². The number of benzene rings is 1. The number of amides is 3. The minimum atomic E-state index is -1.06. The Morgan fingerprint density at radius 3 is 2.11 bits per heavy atom. The molecule has 4 atom stereocenters. The number of amidine groups is 1. The second kappa shape index (κ2) is 16.0. The fraction of sp³-hybridized carbons (Fsp3) is 0.469. The number of hydrogen-bond donors (Lipinski definition) is 5. The van der Waals surface area contributed by atoms with E-state index in [1.165, 1.54) is 9.80 Å². The summed E-state index contributed by atoms with van der Waals surface area (Å²) < 4.78 is 0. The SMILES string of the molecule is CC1C(N(CC#N)C(=O)CNCCC(C(=N)N)(C2=CC=C(C(=O)N(C)C)C=CC2)c2ccc(C(=O)N(C)C)cc2)[C@H]1C.NN. The number of rotatable bonds is 12. The number of nitrogens with one attached hydrogen (secondary N) is 2. The predicted octanol–water partition coefficient (Wildman–Crippen LogP) is 1.27. The molecule has 0 radical (unpaired) electrons. The molecule has 0 aromatic heterocycles. The molecular formula is C32H47N9O3. The Morgan fingerprint density at radius 1 is 1.02 bits per heavy atom. The highest BCUT2D eigenvalue weighted by molar-refractivity contribution is 5.97. The minimum Gasteiger partial charge on any atom is -0.387 e. The molecule has 1 fully saturated rings. The lowest BCUT2D eigenvalue weighted by molar-refractivity contribution is -0.130. The molecule has 238 valence electrons. The molecule has 12 nitrogen and oxygen atoms in total. The average Bonchev–Trinajstić information content (AvgIpc) is 3.68.